The van der Waals surface area contributed by atoms with Gasteiger partial charge in [-0.25, -0.2) is 22.0 Å². The van der Waals surface area contributed by atoms with E-state index in [-0.39, 0.29) is 52.6 Å². The van der Waals surface area contributed by atoms with Crippen LogP contribution in [0.25, 0.3) is 0 Å². The van der Waals surface area contributed by atoms with Crippen molar-refractivity contribution in [1.29, 1.82) is 0 Å². The Bertz CT molecular complexity index is 1050. The van der Waals surface area contributed by atoms with Crippen LogP contribution in [-0.4, -0.2) is 49.2 Å². The van der Waals surface area contributed by atoms with Crippen molar-refractivity contribution in [3.63, 3.8) is 0 Å². The van der Waals surface area contributed by atoms with Crippen LogP contribution in [0.3, 0.4) is 0 Å². The van der Waals surface area contributed by atoms with Gasteiger partial charge in [0.1, 0.15) is 5.69 Å². The Labute approximate surface area is 194 Å². The summed E-state index contributed by atoms with van der Waals surface area (Å²) in [7, 11) is 1.37. The van der Waals surface area contributed by atoms with E-state index in [0.717, 1.165) is 4.90 Å². The zero-order valence-electron chi connectivity index (χ0n) is 16.2. The Morgan fingerprint density at radius 1 is 0.938 bits per heavy atom. The quantitative estimate of drug-likeness (QED) is 0.282. The minimum atomic E-state index is -2.22. The monoisotopic (exact) mass is 513 g/mol. The topological polar surface area (TPSA) is 44.8 Å². The number of halogens is 7. The van der Waals surface area contributed by atoms with Crippen molar-refractivity contribution in [1.82, 2.24) is 10.2 Å². The number of thiocarbonyl (C=S) groups is 1. The molecule has 0 atom stereocenters. The van der Waals surface area contributed by atoms with Crippen LogP contribution >= 0.6 is 35.4 Å². The van der Waals surface area contributed by atoms with Gasteiger partial charge in [-0.15, -0.1) is 0 Å². The highest BCUT2D eigenvalue weighted by Crippen LogP contribution is 2.34. The number of nitrogens with one attached hydrogen (secondary N) is 1. The summed E-state index contributed by atoms with van der Waals surface area (Å²) >= 11 is 17.2. The highest BCUT2D eigenvalue weighted by Gasteiger charge is 2.31. The molecule has 0 unspecified atom stereocenters. The summed E-state index contributed by atoms with van der Waals surface area (Å²) in [6, 6.07) is 2.68. The van der Waals surface area contributed by atoms with Gasteiger partial charge >= 0.3 is 0 Å². The molecule has 5 nitrogen and oxygen atoms in total. The molecule has 1 saturated heterocycles. The lowest BCUT2D eigenvalue weighted by Crippen LogP contribution is -2.53. The fraction of sp³-hybridized carbons (Fsp3) is 0.263. The number of piperazine rings is 1. The first-order valence-corrected chi connectivity index (χ1v) is 10.1. The van der Waals surface area contributed by atoms with Gasteiger partial charge < -0.3 is 14.5 Å². The molecule has 1 aliphatic heterocycles. The van der Waals surface area contributed by atoms with Crippen LogP contribution in [0, 0.1) is 29.1 Å². The standard InChI is InChI=1S/C19H14Cl2F5N3O2S/c1-31-17-9(20)6-8(7-10(17)21)18(30)27-19(32)29-4-2-28(3-5-29)16-14(25)12(23)11(22)13(24)15(16)26/h6-7H,2-5H2,1H3,(H,27,30,32). The van der Waals surface area contributed by atoms with Crippen LogP contribution in [0.15, 0.2) is 12.1 Å². The van der Waals surface area contributed by atoms with Crippen LogP contribution in [0.4, 0.5) is 27.6 Å². The van der Waals surface area contributed by atoms with Crippen LogP contribution in [0.1, 0.15) is 10.4 Å². The first kappa shape index (κ1) is 24.3. The number of nitrogens with zero attached hydrogens (tertiary/aromatic N) is 2. The number of hydrogen-bond donors (Lipinski definition) is 1. The number of ether oxygens (including phenoxy) is 1. The zero-order valence-corrected chi connectivity index (χ0v) is 18.6. The van der Waals surface area contributed by atoms with Crippen LogP contribution in [-0.2, 0) is 0 Å². The Hall–Kier alpha value is -2.37. The van der Waals surface area contributed by atoms with E-state index in [2.05, 4.69) is 5.32 Å². The Balaban J connectivity index is 1.67. The molecule has 1 fully saturated rings. The van der Waals surface area contributed by atoms with Crippen LogP contribution < -0.4 is 15.0 Å². The molecular formula is C19H14Cl2F5N3O2S. The number of carbonyl (C=O) groups is 1. The molecule has 0 bridgehead atoms. The first-order chi connectivity index (χ1) is 15.1. The fourth-order valence-electron chi connectivity index (χ4n) is 3.14. The van der Waals surface area contributed by atoms with E-state index in [1.165, 1.54) is 24.1 Å². The van der Waals surface area contributed by atoms with E-state index >= 15 is 0 Å². The average molecular weight is 514 g/mol. The van der Waals surface area contributed by atoms with E-state index in [0.29, 0.717) is 0 Å². The van der Waals surface area contributed by atoms with Gasteiger partial charge in [-0.3, -0.25) is 10.1 Å². The molecule has 3 rings (SSSR count). The summed E-state index contributed by atoms with van der Waals surface area (Å²) in [6.07, 6.45) is 0. The molecule has 13 heteroatoms. The molecule has 0 spiro atoms. The minimum absolute atomic E-state index is 0.00937. The summed E-state index contributed by atoms with van der Waals surface area (Å²) in [4.78, 5) is 15.0. The number of carbonyl (C=O) groups excluding carboxylic acids is 1. The van der Waals surface area contributed by atoms with Gasteiger partial charge in [0.25, 0.3) is 5.91 Å². The summed E-state index contributed by atoms with van der Waals surface area (Å²) in [6.45, 7) is -0.0887. The normalized spacial score (nSPS) is 13.9. The highest BCUT2D eigenvalue weighted by molar-refractivity contribution is 7.80. The van der Waals surface area contributed by atoms with E-state index in [9.17, 15) is 26.7 Å². The molecule has 0 aromatic heterocycles. The highest BCUT2D eigenvalue weighted by atomic mass is 35.5. The second-order valence-electron chi connectivity index (χ2n) is 6.63. The van der Waals surface area contributed by atoms with Crippen LogP contribution in [0.5, 0.6) is 5.75 Å². The molecule has 32 heavy (non-hydrogen) atoms. The maximum atomic E-state index is 14.0. The van der Waals surface area contributed by atoms with Gasteiger partial charge in [0, 0.05) is 31.7 Å². The lowest BCUT2D eigenvalue weighted by atomic mass is 10.2. The molecule has 0 aliphatic carbocycles. The SMILES string of the molecule is COc1c(Cl)cc(C(=O)NC(=S)N2CCN(c3c(F)c(F)c(F)c(F)c3F)CC2)cc1Cl. The maximum absolute atomic E-state index is 14.0. The van der Waals surface area contributed by atoms with Gasteiger partial charge in [0.2, 0.25) is 5.82 Å². The van der Waals surface area contributed by atoms with Gasteiger partial charge in [-0.2, -0.15) is 0 Å². The Kier molecular flexibility index (Phi) is 7.31. The van der Waals surface area contributed by atoms with E-state index < -0.39 is 40.7 Å². The third-order valence-electron chi connectivity index (χ3n) is 4.75. The van der Waals surface area contributed by atoms with Crippen molar-refractivity contribution in [3.8, 4) is 5.75 Å². The van der Waals surface area contributed by atoms with E-state index in [1.54, 1.807) is 0 Å². The van der Waals surface area contributed by atoms with Gasteiger partial charge in [0.15, 0.2) is 34.1 Å². The Morgan fingerprint density at radius 3 is 1.88 bits per heavy atom. The summed E-state index contributed by atoms with van der Waals surface area (Å²) in [5.74, 6) is -10.5. The summed E-state index contributed by atoms with van der Waals surface area (Å²) in [5, 5.41) is 2.73. The lowest BCUT2D eigenvalue weighted by Gasteiger charge is -2.37. The number of amides is 1. The molecule has 172 valence electrons. The third-order valence-corrected chi connectivity index (χ3v) is 5.68. The third kappa shape index (κ3) is 4.55. The lowest BCUT2D eigenvalue weighted by molar-refractivity contribution is 0.0973. The second-order valence-corrected chi connectivity index (χ2v) is 7.83. The predicted octanol–water partition coefficient (Wildman–Crippen LogP) is 4.53. The number of anilines is 1. The molecule has 1 N–H and O–H groups in total. The zero-order chi connectivity index (χ0) is 23.7. The van der Waals surface area contributed by atoms with E-state index in [1.807, 2.05) is 0 Å². The summed E-state index contributed by atoms with van der Waals surface area (Å²) < 4.78 is 73.3. The summed E-state index contributed by atoms with van der Waals surface area (Å²) in [5.41, 5.74) is -0.887. The molecule has 2 aromatic rings. The molecule has 1 amide bonds. The smallest absolute Gasteiger partial charge is 0.257 e. The molecule has 1 aliphatic rings. The van der Waals surface area contributed by atoms with Gasteiger partial charge in [-0.1, -0.05) is 23.2 Å². The van der Waals surface area contributed by atoms with Crippen molar-refractivity contribution >= 4 is 52.1 Å². The van der Waals surface area contributed by atoms with Crippen molar-refractivity contribution < 1.29 is 31.5 Å². The van der Waals surface area contributed by atoms with Crippen LogP contribution in [0.2, 0.25) is 10.0 Å². The van der Waals surface area contributed by atoms with Gasteiger partial charge in [0.05, 0.1) is 17.2 Å². The van der Waals surface area contributed by atoms with Crippen molar-refractivity contribution in [2.24, 2.45) is 0 Å². The number of rotatable bonds is 3. The predicted molar refractivity (Wildman–Crippen MR) is 113 cm³/mol. The largest absolute Gasteiger partial charge is 0.494 e. The minimum Gasteiger partial charge on any atom is -0.494 e. The Morgan fingerprint density at radius 2 is 1.41 bits per heavy atom. The molecular weight excluding hydrogens is 500 g/mol. The van der Waals surface area contributed by atoms with Crippen molar-refractivity contribution in [2.45, 2.75) is 0 Å². The maximum Gasteiger partial charge on any atom is 0.257 e. The first-order valence-electron chi connectivity index (χ1n) is 8.96. The van der Waals surface area contributed by atoms with E-state index in [4.69, 9.17) is 40.2 Å². The molecule has 2 aromatic carbocycles. The number of hydrogen-bond acceptors (Lipinski definition) is 4. The van der Waals surface area contributed by atoms with Gasteiger partial charge in [-0.05, 0) is 24.4 Å². The molecule has 0 saturated carbocycles. The second kappa shape index (κ2) is 9.63. The number of methoxy groups -OCH3 is 1. The van der Waals surface area contributed by atoms with Crippen molar-refractivity contribution in [2.75, 3.05) is 38.2 Å². The van der Waals surface area contributed by atoms with Crippen molar-refractivity contribution in [3.05, 3.63) is 56.8 Å². The molecule has 0 radical (unpaired) electrons. The average Bonchev–Trinajstić information content (AvgIpc) is 2.76. The fourth-order valence-corrected chi connectivity index (χ4v) is 4.06. The molecule has 1 heterocycles. The number of benzene rings is 2.